The molecule has 0 saturated carbocycles. The third-order valence-electron chi connectivity index (χ3n) is 2.47. The molecule has 9 heteroatoms. The summed E-state index contributed by atoms with van der Waals surface area (Å²) in [5.74, 6) is 0.199. The number of ether oxygens (including phenoxy) is 1. The van der Waals surface area contributed by atoms with Crippen LogP contribution < -0.4 is 9.46 Å². The van der Waals surface area contributed by atoms with Crippen molar-refractivity contribution >= 4 is 38.4 Å². The fourth-order valence-electron chi connectivity index (χ4n) is 1.51. The molecule has 2 rings (SSSR count). The largest absolute Gasteiger partial charge is 0.495 e. The van der Waals surface area contributed by atoms with Gasteiger partial charge in [-0.3, -0.25) is 4.72 Å². The minimum absolute atomic E-state index is 0.272. The molecular weight excluding hydrogens is 362 g/mol. The zero-order chi connectivity index (χ0) is 15.4. The second kappa shape index (κ2) is 6.64. The van der Waals surface area contributed by atoms with Gasteiger partial charge in [0.1, 0.15) is 10.6 Å². The Morgan fingerprint density at radius 1 is 1.38 bits per heavy atom. The van der Waals surface area contributed by atoms with Crippen molar-refractivity contribution in [1.29, 1.82) is 0 Å². The zero-order valence-corrected chi connectivity index (χ0v) is 13.2. The Morgan fingerprint density at radius 2 is 2.14 bits per heavy atom. The van der Waals surface area contributed by atoms with Crippen molar-refractivity contribution in [2.24, 2.45) is 0 Å². The maximum Gasteiger partial charge on any atom is 0.363 e. The summed E-state index contributed by atoms with van der Waals surface area (Å²) in [5, 5.41) is 10.5. The molecule has 1 aromatic carbocycles. The molecule has 7 nitrogen and oxygen atoms in total. The summed E-state index contributed by atoms with van der Waals surface area (Å²) in [6, 6.07) is 7.80. The highest BCUT2D eigenvalue weighted by atomic mass is 79.9. The topological polar surface area (TPSA) is 94.4 Å². The van der Waals surface area contributed by atoms with Gasteiger partial charge in [-0.2, -0.15) is 0 Å². The van der Waals surface area contributed by atoms with E-state index in [0.29, 0.717) is 16.3 Å². The second-order valence-electron chi connectivity index (χ2n) is 3.83. The molecule has 0 aliphatic heterocycles. The predicted molar refractivity (Wildman–Crippen MR) is 81.6 cm³/mol. The molecule has 2 aromatic rings. The van der Waals surface area contributed by atoms with E-state index in [1.807, 2.05) is 0 Å². The standard InChI is InChI=1S/C12H10BrN3O4S/c1-20-10-4-2-8(13)6-11(10)21(19)15-9-3-5-12(14-7-9)16(17)18/h2-7,15H,1H3. The molecule has 0 aliphatic carbocycles. The van der Waals surface area contributed by atoms with Crippen LogP contribution in [0.2, 0.25) is 0 Å². The van der Waals surface area contributed by atoms with Crippen LogP contribution in [0.4, 0.5) is 11.5 Å². The smallest absolute Gasteiger partial charge is 0.363 e. The molecule has 0 spiro atoms. The maximum atomic E-state index is 12.3. The minimum Gasteiger partial charge on any atom is -0.495 e. The van der Waals surface area contributed by atoms with Crippen LogP contribution in [0.25, 0.3) is 0 Å². The second-order valence-corrected chi connectivity index (χ2v) is 5.93. The Bertz CT molecular complexity index is 693. The van der Waals surface area contributed by atoms with Gasteiger partial charge in [-0.25, -0.2) is 4.21 Å². The molecule has 1 atom stereocenters. The lowest BCUT2D eigenvalue weighted by atomic mass is 10.3. The molecule has 0 amide bonds. The van der Waals surface area contributed by atoms with Crippen LogP contribution in [-0.2, 0) is 11.0 Å². The fraction of sp³-hybridized carbons (Fsp3) is 0.0833. The molecule has 0 aliphatic rings. The van der Waals surface area contributed by atoms with Gasteiger partial charge < -0.3 is 14.9 Å². The number of nitrogens with zero attached hydrogens (tertiary/aromatic N) is 2. The first-order chi connectivity index (χ1) is 10.0. The lowest BCUT2D eigenvalue weighted by Crippen LogP contribution is -2.07. The number of pyridine rings is 1. The normalized spacial score (nSPS) is 11.7. The van der Waals surface area contributed by atoms with Crippen molar-refractivity contribution in [2.45, 2.75) is 4.90 Å². The van der Waals surface area contributed by atoms with Crippen LogP contribution in [0.3, 0.4) is 0 Å². The van der Waals surface area contributed by atoms with Gasteiger partial charge in [0.25, 0.3) is 0 Å². The van der Waals surface area contributed by atoms with Crippen molar-refractivity contribution in [3.63, 3.8) is 0 Å². The number of rotatable bonds is 5. The van der Waals surface area contributed by atoms with Crippen LogP contribution in [0.1, 0.15) is 0 Å². The number of anilines is 1. The van der Waals surface area contributed by atoms with E-state index in [0.717, 1.165) is 4.47 Å². The first kappa shape index (κ1) is 15.4. The van der Waals surface area contributed by atoms with E-state index in [4.69, 9.17) is 4.74 Å². The molecule has 21 heavy (non-hydrogen) atoms. The van der Waals surface area contributed by atoms with Crippen LogP contribution in [0.15, 0.2) is 45.9 Å². The van der Waals surface area contributed by atoms with Crippen molar-refractivity contribution in [3.05, 3.63) is 51.1 Å². The van der Waals surface area contributed by atoms with E-state index < -0.39 is 15.9 Å². The Balaban J connectivity index is 2.21. The average molecular weight is 372 g/mol. The van der Waals surface area contributed by atoms with E-state index in [9.17, 15) is 14.3 Å². The lowest BCUT2D eigenvalue weighted by molar-refractivity contribution is -0.389. The Hall–Kier alpha value is -2.00. The minimum atomic E-state index is -1.59. The summed E-state index contributed by atoms with van der Waals surface area (Å²) in [5.41, 5.74) is 0.404. The summed E-state index contributed by atoms with van der Waals surface area (Å²) in [6.45, 7) is 0. The number of nitrogens with one attached hydrogen (secondary N) is 1. The highest BCUT2D eigenvalue weighted by Crippen LogP contribution is 2.26. The summed E-state index contributed by atoms with van der Waals surface area (Å²) < 4.78 is 20.9. The molecular formula is C12H10BrN3O4S. The van der Waals surface area contributed by atoms with Crippen molar-refractivity contribution in [1.82, 2.24) is 4.98 Å². The van der Waals surface area contributed by atoms with Gasteiger partial charge in [-0.1, -0.05) is 15.9 Å². The van der Waals surface area contributed by atoms with Gasteiger partial charge in [-0.15, -0.1) is 0 Å². The molecule has 0 radical (unpaired) electrons. The number of halogens is 1. The molecule has 1 aromatic heterocycles. The van der Waals surface area contributed by atoms with Crippen LogP contribution in [-0.4, -0.2) is 21.2 Å². The molecule has 110 valence electrons. The predicted octanol–water partition coefficient (Wildman–Crippen LogP) is 2.90. The number of aromatic nitrogens is 1. The van der Waals surface area contributed by atoms with Crippen molar-refractivity contribution in [3.8, 4) is 5.75 Å². The van der Waals surface area contributed by atoms with E-state index >= 15 is 0 Å². The fourth-order valence-corrected chi connectivity index (χ4v) is 3.04. The lowest BCUT2D eigenvalue weighted by Gasteiger charge is -2.09. The van der Waals surface area contributed by atoms with Gasteiger partial charge >= 0.3 is 5.82 Å². The van der Waals surface area contributed by atoms with Crippen LogP contribution in [0, 0.1) is 10.1 Å². The first-order valence-corrected chi connectivity index (χ1v) is 7.58. The molecule has 1 heterocycles. The number of hydrogen-bond donors (Lipinski definition) is 1. The SMILES string of the molecule is COc1ccc(Br)cc1S(=O)Nc1ccc([N+](=O)[O-])nc1. The van der Waals surface area contributed by atoms with Gasteiger partial charge in [0.05, 0.1) is 12.8 Å². The van der Waals surface area contributed by atoms with Gasteiger partial charge in [0.15, 0.2) is 17.2 Å². The molecule has 0 saturated heterocycles. The van der Waals surface area contributed by atoms with Crippen molar-refractivity contribution < 1.29 is 13.9 Å². The zero-order valence-electron chi connectivity index (χ0n) is 10.8. The molecule has 0 fully saturated rings. The van der Waals surface area contributed by atoms with Gasteiger partial charge in [0.2, 0.25) is 0 Å². The highest BCUT2D eigenvalue weighted by molar-refractivity contribution is 9.10. The monoisotopic (exact) mass is 371 g/mol. The van der Waals surface area contributed by atoms with E-state index in [1.54, 1.807) is 18.2 Å². The van der Waals surface area contributed by atoms with Gasteiger partial charge in [0, 0.05) is 10.5 Å². The Kier molecular flexibility index (Phi) is 4.86. The number of hydrogen-bond acceptors (Lipinski definition) is 5. The maximum absolute atomic E-state index is 12.3. The summed E-state index contributed by atoms with van der Waals surface area (Å²) in [6.07, 6.45) is 1.25. The molecule has 0 bridgehead atoms. The quantitative estimate of drug-likeness (QED) is 0.643. The molecule has 1 unspecified atom stereocenters. The average Bonchev–Trinajstić information content (AvgIpc) is 2.47. The summed E-state index contributed by atoms with van der Waals surface area (Å²) >= 11 is 3.30. The highest BCUT2D eigenvalue weighted by Gasteiger charge is 2.13. The van der Waals surface area contributed by atoms with Crippen LogP contribution >= 0.6 is 15.9 Å². The summed E-state index contributed by atoms with van der Waals surface area (Å²) in [7, 11) is -0.105. The number of nitro groups is 1. The van der Waals surface area contributed by atoms with Crippen LogP contribution in [0.5, 0.6) is 5.75 Å². The number of benzene rings is 1. The summed E-state index contributed by atoms with van der Waals surface area (Å²) in [4.78, 5) is 14.0. The number of methoxy groups -OCH3 is 1. The van der Waals surface area contributed by atoms with E-state index in [-0.39, 0.29) is 5.82 Å². The van der Waals surface area contributed by atoms with Crippen molar-refractivity contribution in [2.75, 3.05) is 11.8 Å². The Labute approximate surface area is 131 Å². The molecule has 1 N–H and O–H groups in total. The Morgan fingerprint density at radius 3 is 2.71 bits per heavy atom. The van der Waals surface area contributed by atoms with E-state index in [2.05, 4.69) is 25.6 Å². The van der Waals surface area contributed by atoms with Gasteiger partial charge in [-0.05, 0) is 34.2 Å². The third kappa shape index (κ3) is 3.76. The van der Waals surface area contributed by atoms with E-state index in [1.165, 1.54) is 25.4 Å². The third-order valence-corrected chi connectivity index (χ3v) is 4.10. The first-order valence-electron chi connectivity index (χ1n) is 5.63.